The van der Waals surface area contributed by atoms with Gasteiger partial charge in [0.25, 0.3) is 0 Å². The molecule has 2 saturated carbocycles. The Hall–Kier alpha value is -0.0400. The molecule has 2 rings (SSSR count). The zero-order valence-corrected chi connectivity index (χ0v) is 5.22. The second-order valence-electron chi connectivity index (χ2n) is 3.37. The first kappa shape index (κ1) is 4.80. The minimum absolute atomic E-state index is 0.181. The van der Waals surface area contributed by atoms with Crippen LogP contribution in [-0.4, -0.2) is 10.7 Å². The molecule has 0 aromatic carbocycles. The molecule has 0 aromatic heterocycles. The lowest BCUT2D eigenvalue weighted by Gasteiger charge is -2.03. The standard InChI is InChI=1S/C7H12O/c1-5-4-7(5,8)6-2-3-6/h5-6,8H,2-4H2,1H3. The second kappa shape index (κ2) is 1.10. The summed E-state index contributed by atoms with van der Waals surface area (Å²) >= 11 is 0. The maximum Gasteiger partial charge on any atom is 0.0705 e. The van der Waals surface area contributed by atoms with Crippen LogP contribution in [0.5, 0.6) is 0 Å². The molecule has 0 heterocycles. The Morgan fingerprint density at radius 1 is 1.50 bits per heavy atom. The van der Waals surface area contributed by atoms with Gasteiger partial charge in [-0.1, -0.05) is 6.92 Å². The third-order valence-corrected chi connectivity index (χ3v) is 2.61. The van der Waals surface area contributed by atoms with Crippen LogP contribution in [0.3, 0.4) is 0 Å². The highest BCUT2D eigenvalue weighted by molar-refractivity contribution is 5.09. The van der Waals surface area contributed by atoms with Crippen molar-refractivity contribution in [2.45, 2.75) is 31.8 Å². The smallest absolute Gasteiger partial charge is 0.0705 e. The van der Waals surface area contributed by atoms with Crippen molar-refractivity contribution < 1.29 is 5.11 Å². The fourth-order valence-corrected chi connectivity index (χ4v) is 1.58. The van der Waals surface area contributed by atoms with Crippen molar-refractivity contribution in [2.75, 3.05) is 0 Å². The summed E-state index contributed by atoms with van der Waals surface area (Å²) in [6, 6.07) is 0. The van der Waals surface area contributed by atoms with Gasteiger partial charge >= 0.3 is 0 Å². The summed E-state index contributed by atoms with van der Waals surface area (Å²) in [5.74, 6) is 1.30. The van der Waals surface area contributed by atoms with Crippen molar-refractivity contribution in [2.24, 2.45) is 11.8 Å². The van der Waals surface area contributed by atoms with Crippen molar-refractivity contribution in [3.05, 3.63) is 0 Å². The van der Waals surface area contributed by atoms with Crippen molar-refractivity contribution in [3.63, 3.8) is 0 Å². The average molecular weight is 112 g/mol. The summed E-state index contributed by atoms with van der Waals surface area (Å²) in [6.45, 7) is 2.14. The third kappa shape index (κ3) is 0.455. The van der Waals surface area contributed by atoms with E-state index < -0.39 is 0 Å². The molecule has 0 aromatic rings. The summed E-state index contributed by atoms with van der Waals surface area (Å²) in [4.78, 5) is 0. The molecule has 2 atom stereocenters. The first-order valence-electron chi connectivity index (χ1n) is 3.46. The van der Waals surface area contributed by atoms with E-state index in [0.717, 1.165) is 6.42 Å². The Kier molecular flexibility index (Phi) is 0.663. The Balaban J connectivity index is 2.04. The molecule has 2 aliphatic carbocycles. The Morgan fingerprint density at radius 2 is 2.00 bits per heavy atom. The van der Waals surface area contributed by atoms with E-state index in [-0.39, 0.29) is 5.60 Å². The van der Waals surface area contributed by atoms with E-state index in [1.54, 1.807) is 0 Å². The Labute approximate surface area is 49.7 Å². The average Bonchev–Trinajstić information content (AvgIpc) is 2.44. The molecular weight excluding hydrogens is 100 g/mol. The molecule has 0 aliphatic heterocycles. The van der Waals surface area contributed by atoms with Gasteiger partial charge in [-0.3, -0.25) is 0 Å². The van der Waals surface area contributed by atoms with Gasteiger partial charge in [0, 0.05) is 0 Å². The highest BCUT2D eigenvalue weighted by Gasteiger charge is 2.58. The molecule has 1 N–H and O–H groups in total. The SMILES string of the molecule is CC1CC1(O)C1CC1. The Bertz CT molecular complexity index is 118. The fraction of sp³-hybridized carbons (Fsp3) is 1.00. The molecular formula is C7H12O. The van der Waals surface area contributed by atoms with Gasteiger partial charge in [0.1, 0.15) is 0 Å². The molecule has 8 heavy (non-hydrogen) atoms. The number of hydrogen-bond donors (Lipinski definition) is 1. The molecule has 0 radical (unpaired) electrons. The van der Waals surface area contributed by atoms with Gasteiger partial charge in [-0.25, -0.2) is 0 Å². The van der Waals surface area contributed by atoms with E-state index in [9.17, 15) is 5.11 Å². The molecule has 0 amide bonds. The quantitative estimate of drug-likeness (QED) is 0.539. The second-order valence-corrected chi connectivity index (χ2v) is 3.37. The van der Waals surface area contributed by atoms with Gasteiger partial charge < -0.3 is 5.11 Å². The molecule has 0 bridgehead atoms. The molecule has 0 saturated heterocycles. The van der Waals surface area contributed by atoms with Crippen molar-refractivity contribution in [1.29, 1.82) is 0 Å². The van der Waals surface area contributed by atoms with Crippen LogP contribution in [0.25, 0.3) is 0 Å². The first-order valence-corrected chi connectivity index (χ1v) is 3.46. The van der Waals surface area contributed by atoms with Crippen LogP contribution in [0.2, 0.25) is 0 Å². The summed E-state index contributed by atoms with van der Waals surface area (Å²) < 4.78 is 0. The van der Waals surface area contributed by atoms with Crippen LogP contribution in [-0.2, 0) is 0 Å². The van der Waals surface area contributed by atoms with Crippen LogP contribution >= 0.6 is 0 Å². The zero-order valence-electron chi connectivity index (χ0n) is 5.22. The van der Waals surface area contributed by atoms with Gasteiger partial charge in [0.2, 0.25) is 0 Å². The highest BCUT2D eigenvalue weighted by atomic mass is 16.3. The van der Waals surface area contributed by atoms with Gasteiger partial charge in [0.05, 0.1) is 5.60 Å². The van der Waals surface area contributed by atoms with Crippen LogP contribution < -0.4 is 0 Å². The van der Waals surface area contributed by atoms with Crippen LogP contribution in [0, 0.1) is 11.8 Å². The predicted octanol–water partition coefficient (Wildman–Crippen LogP) is 1.17. The Morgan fingerprint density at radius 3 is 2.12 bits per heavy atom. The molecule has 2 aliphatic rings. The molecule has 2 unspecified atom stereocenters. The number of aliphatic hydroxyl groups is 1. The normalized spacial score (nSPS) is 54.0. The molecule has 2 fully saturated rings. The molecule has 1 nitrogen and oxygen atoms in total. The maximum atomic E-state index is 9.54. The van der Waals surface area contributed by atoms with E-state index in [1.165, 1.54) is 12.8 Å². The summed E-state index contributed by atoms with van der Waals surface area (Å²) in [7, 11) is 0. The lowest BCUT2D eigenvalue weighted by atomic mass is 10.2. The lowest BCUT2D eigenvalue weighted by Crippen LogP contribution is -2.11. The van der Waals surface area contributed by atoms with E-state index in [1.807, 2.05) is 0 Å². The minimum Gasteiger partial charge on any atom is -0.389 e. The van der Waals surface area contributed by atoms with E-state index in [4.69, 9.17) is 0 Å². The van der Waals surface area contributed by atoms with Gasteiger partial charge in [0.15, 0.2) is 0 Å². The van der Waals surface area contributed by atoms with Gasteiger partial charge in [-0.2, -0.15) is 0 Å². The summed E-state index contributed by atoms with van der Waals surface area (Å²) in [6.07, 6.45) is 3.62. The largest absolute Gasteiger partial charge is 0.389 e. The van der Waals surface area contributed by atoms with E-state index in [0.29, 0.717) is 11.8 Å². The van der Waals surface area contributed by atoms with Crippen molar-refractivity contribution in [1.82, 2.24) is 0 Å². The van der Waals surface area contributed by atoms with Gasteiger partial charge in [-0.05, 0) is 31.1 Å². The van der Waals surface area contributed by atoms with E-state index in [2.05, 4.69) is 6.92 Å². The number of rotatable bonds is 1. The lowest BCUT2D eigenvalue weighted by molar-refractivity contribution is 0.110. The molecule has 1 heteroatoms. The van der Waals surface area contributed by atoms with Crippen LogP contribution in [0.15, 0.2) is 0 Å². The van der Waals surface area contributed by atoms with Crippen molar-refractivity contribution in [3.8, 4) is 0 Å². The molecule has 0 spiro atoms. The molecule has 46 valence electrons. The fourth-order valence-electron chi connectivity index (χ4n) is 1.58. The maximum absolute atomic E-state index is 9.54. The van der Waals surface area contributed by atoms with Crippen LogP contribution in [0.1, 0.15) is 26.2 Å². The first-order chi connectivity index (χ1) is 3.73. The summed E-state index contributed by atoms with van der Waals surface area (Å²) in [5.41, 5.74) is -0.181. The predicted molar refractivity (Wildman–Crippen MR) is 31.5 cm³/mol. The topological polar surface area (TPSA) is 20.2 Å². The third-order valence-electron chi connectivity index (χ3n) is 2.61. The zero-order chi connectivity index (χ0) is 5.78. The number of hydrogen-bond acceptors (Lipinski definition) is 1. The minimum atomic E-state index is -0.181. The van der Waals surface area contributed by atoms with Crippen molar-refractivity contribution >= 4 is 0 Å². The monoisotopic (exact) mass is 112 g/mol. The summed E-state index contributed by atoms with van der Waals surface area (Å²) in [5, 5.41) is 9.54. The van der Waals surface area contributed by atoms with Crippen LogP contribution in [0.4, 0.5) is 0 Å². The van der Waals surface area contributed by atoms with E-state index >= 15 is 0 Å². The highest BCUT2D eigenvalue weighted by Crippen LogP contribution is 2.57. The van der Waals surface area contributed by atoms with Gasteiger partial charge in [-0.15, -0.1) is 0 Å².